The number of aryl methyl sites for hydroxylation is 1. The summed E-state index contributed by atoms with van der Waals surface area (Å²) in [6.07, 6.45) is 4.74. The lowest BCUT2D eigenvalue weighted by Gasteiger charge is -2.32. The number of benzene rings is 1. The first-order valence-electron chi connectivity index (χ1n) is 7.88. The van der Waals surface area contributed by atoms with Crippen LogP contribution in [0, 0.1) is 23.0 Å². The molecule has 2 fully saturated rings. The molecule has 0 aromatic heterocycles. The number of nitro groups is 1. The summed E-state index contributed by atoms with van der Waals surface area (Å²) in [5, 5.41) is 14.8. The molecule has 1 aliphatic carbocycles. The summed E-state index contributed by atoms with van der Waals surface area (Å²) < 4.78 is 0. The second-order valence-corrected chi connectivity index (χ2v) is 6.30. The minimum atomic E-state index is -0.239. The molecule has 1 N–H and O–H groups in total. The Morgan fingerprint density at radius 1 is 1.38 bits per heavy atom. The van der Waals surface area contributed by atoms with Crippen LogP contribution in [0.15, 0.2) is 18.2 Å². The molecule has 5 heteroatoms. The number of para-hydroxylation sites is 1. The second kappa shape index (κ2) is 6.02. The highest BCUT2D eigenvalue weighted by Crippen LogP contribution is 2.39. The highest BCUT2D eigenvalue weighted by atomic mass is 16.6. The van der Waals surface area contributed by atoms with Gasteiger partial charge in [0.1, 0.15) is 5.69 Å². The van der Waals surface area contributed by atoms with Crippen molar-refractivity contribution in [2.45, 2.75) is 38.6 Å². The smallest absolute Gasteiger partial charge is 0.292 e. The van der Waals surface area contributed by atoms with Gasteiger partial charge in [0.05, 0.1) is 4.92 Å². The molecule has 5 nitrogen and oxygen atoms in total. The quantitative estimate of drug-likeness (QED) is 0.669. The third-order valence-corrected chi connectivity index (χ3v) is 4.54. The van der Waals surface area contributed by atoms with Crippen molar-refractivity contribution in [1.29, 1.82) is 0 Å². The number of nitro benzene ring substituents is 1. The maximum Gasteiger partial charge on any atom is 0.292 e. The van der Waals surface area contributed by atoms with Gasteiger partial charge in [-0.05, 0) is 57.2 Å². The number of piperidine rings is 1. The first-order valence-corrected chi connectivity index (χ1v) is 7.88. The van der Waals surface area contributed by atoms with Crippen molar-refractivity contribution >= 4 is 11.4 Å². The van der Waals surface area contributed by atoms with E-state index in [-0.39, 0.29) is 10.6 Å². The summed E-state index contributed by atoms with van der Waals surface area (Å²) in [6.45, 7) is 5.05. The van der Waals surface area contributed by atoms with Gasteiger partial charge in [-0.15, -0.1) is 0 Å². The Labute approximate surface area is 125 Å². The fourth-order valence-corrected chi connectivity index (χ4v) is 3.33. The zero-order valence-electron chi connectivity index (χ0n) is 12.5. The Bertz CT molecular complexity index is 522. The first-order chi connectivity index (χ1) is 10.2. The molecular formula is C16H23N3O2. The van der Waals surface area contributed by atoms with Crippen molar-refractivity contribution in [2.75, 3.05) is 24.5 Å². The van der Waals surface area contributed by atoms with Crippen LogP contribution in [0.3, 0.4) is 0 Å². The summed E-state index contributed by atoms with van der Waals surface area (Å²) in [6, 6.07) is 5.89. The van der Waals surface area contributed by atoms with Gasteiger partial charge in [-0.25, -0.2) is 0 Å². The highest BCUT2D eigenvalue weighted by Gasteiger charge is 2.35. The van der Waals surface area contributed by atoms with Gasteiger partial charge in [0, 0.05) is 18.7 Å². The molecule has 0 radical (unpaired) electrons. The first kappa shape index (κ1) is 14.3. The zero-order valence-corrected chi connectivity index (χ0v) is 12.5. The van der Waals surface area contributed by atoms with Crippen LogP contribution in [-0.4, -0.2) is 30.6 Å². The van der Waals surface area contributed by atoms with Crippen molar-refractivity contribution in [2.24, 2.45) is 5.92 Å². The minimum Gasteiger partial charge on any atom is -0.362 e. The van der Waals surface area contributed by atoms with E-state index in [9.17, 15) is 10.1 Å². The Morgan fingerprint density at radius 3 is 2.81 bits per heavy atom. The minimum absolute atomic E-state index is 0.239. The molecule has 1 unspecified atom stereocenters. The molecule has 1 saturated carbocycles. The fourth-order valence-electron chi connectivity index (χ4n) is 3.33. The lowest BCUT2D eigenvalue weighted by atomic mass is 9.98. The molecule has 0 spiro atoms. The molecule has 1 saturated heterocycles. The van der Waals surface area contributed by atoms with Gasteiger partial charge in [0.2, 0.25) is 0 Å². The highest BCUT2D eigenvalue weighted by molar-refractivity contribution is 5.68. The zero-order chi connectivity index (χ0) is 14.8. The predicted molar refractivity (Wildman–Crippen MR) is 83.8 cm³/mol. The summed E-state index contributed by atoms with van der Waals surface area (Å²) >= 11 is 0. The Kier molecular flexibility index (Phi) is 4.10. The number of nitrogens with one attached hydrogen (secondary N) is 1. The van der Waals surface area contributed by atoms with Crippen molar-refractivity contribution in [3.8, 4) is 0 Å². The molecule has 1 aliphatic heterocycles. The van der Waals surface area contributed by atoms with Gasteiger partial charge >= 0.3 is 0 Å². The molecule has 2 aliphatic rings. The number of hydrogen-bond acceptors (Lipinski definition) is 4. The van der Waals surface area contributed by atoms with E-state index in [1.165, 1.54) is 12.8 Å². The van der Waals surface area contributed by atoms with Crippen LogP contribution in [0.5, 0.6) is 0 Å². The van der Waals surface area contributed by atoms with Gasteiger partial charge in [-0.3, -0.25) is 10.1 Å². The SMILES string of the molecule is Cc1cccc([N+](=O)[O-])c1N(CC1CCCNC1)C1CC1. The van der Waals surface area contributed by atoms with E-state index in [0.29, 0.717) is 12.0 Å². The van der Waals surface area contributed by atoms with Gasteiger partial charge in [0.15, 0.2) is 0 Å². The van der Waals surface area contributed by atoms with Crippen LogP contribution in [0.2, 0.25) is 0 Å². The summed E-state index contributed by atoms with van der Waals surface area (Å²) in [5.74, 6) is 0.596. The molecule has 114 valence electrons. The molecule has 1 aromatic rings. The van der Waals surface area contributed by atoms with Crippen LogP contribution in [0.1, 0.15) is 31.2 Å². The van der Waals surface area contributed by atoms with Gasteiger partial charge in [-0.1, -0.05) is 12.1 Å². The second-order valence-electron chi connectivity index (χ2n) is 6.30. The predicted octanol–water partition coefficient (Wildman–Crippen LogP) is 2.87. The average Bonchev–Trinajstić information content (AvgIpc) is 3.30. The number of anilines is 1. The maximum absolute atomic E-state index is 11.4. The fraction of sp³-hybridized carbons (Fsp3) is 0.625. The van der Waals surface area contributed by atoms with E-state index in [1.54, 1.807) is 12.1 Å². The summed E-state index contributed by atoms with van der Waals surface area (Å²) in [5.41, 5.74) is 2.11. The number of hydrogen-bond donors (Lipinski definition) is 1. The molecule has 1 atom stereocenters. The van der Waals surface area contributed by atoms with Crippen LogP contribution in [-0.2, 0) is 0 Å². The van der Waals surface area contributed by atoms with Crippen molar-refractivity contribution in [3.63, 3.8) is 0 Å². The number of rotatable bonds is 5. The van der Waals surface area contributed by atoms with Gasteiger partial charge < -0.3 is 10.2 Å². The van der Waals surface area contributed by atoms with Crippen molar-refractivity contribution in [1.82, 2.24) is 5.32 Å². The van der Waals surface area contributed by atoms with Crippen LogP contribution in [0.4, 0.5) is 11.4 Å². The average molecular weight is 289 g/mol. The lowest BCUT2D eigenvalue weighted by Crippen LogP contribution is -2.39. The third-order valence-electron chi connectivity index (χ3n) is 4.54. The van der Waals surface area contributed by atoms with Crippen molar-refractivity contribution < 1.29 is 4.92 Å². The lowest BCUT2D eigenvalue weighted by molar-refractivity contribution is -0.384. The van der Waals surface area contributed by atoms with E-state index in [2.05, 4.69) is 10.2 Å². The van der Waals surface area contributed by atoms with Crippen molar-refractivity contribution in [3.05, 3.63) is 33.9 Å². The maximum atomic E-state index is 11.4. The van der Waals surface area contributed by atoms with Crippen LogP contribution in [0.25, 0.3) is 0 Å². The molecule has 21 heavy (non-hydrogen) atoms. The van der Waals surface area contributed by atoms with E-state index < -0.39 is 0 Å². The molecule has 0 bridgehead atoms. The summed E-state index contributed by atoms with van der Waals surface area (Å²) in [4.78, 5) is 13.5. The monoisotopic (exact) mass is 289 g/mol. The van der Waals surface area contributed by atoms with Crippen LogP contribution >= 0.6 is 0 Å². The number of nitrogens with zero attached hydrogens (tertiary/aromatic N) is 2. The Balaban J connectivity index is 1.88. The molecule has 0 amide bonds. The van der Waals surface area contributed by atoms with Crippen LogP contribution < -0.4 is 10.2 Å². The Morgan fingerprint density at radius 2 is 2.19 bits per heavy atom. The topological polar surface area (TPSA) is 58.4 Å². The molecular weight excluding hydrogens is 266 g/mol. The van der Waals surface area contributed by atoms with E-state index in [1.807, 2.05) is 13.0 Å². The largest absolute Gasteiger partial charge is 0.362 e. The standard InChI is InChI=1S/C16H23N3O2/c1-12-4-2-6-15(19(20)21)16(12)18(14-7-8-14)11-13-5-3-9-17-10-13/h2,4,6,13-14,17H,3,5,7-11H2,1H3. The Hall–Kier alpha value is -1.62. The summed E-state index contributed by atoms with van der Waals surface area (Å²) in [7, 11) is 0. The normalized spacial score (nSPS) is 22.0. The van der Waals surface area contributed by atoms with Gasteiger partial charge in [0.25, 0.3) is 5.69 Å². The van der Waals surface area contributed by atoms with E-state index in [0.717, 1.165) is 43.7 Å². The molecule has 1 heterocycles. The van der Waals surface area contributed by atoms with Gasteiger partial charge in [-0.2, -0.15) is 0 Å². The van der Waals surface area contributed by atoms with E-state index in [4.69, 9.17) is 0 Å². The molecule has 1 aromatic carbocycles. The molecule has 3 rings (SSSR count). The van der Waals surface area contributed by atoms with E-state index >= 15 is 0 Å². The third kappa shape index (κ3) is 3.18.